The highest BCUT2D eigenvalue weighted by Crippen LogP contribution is 2.28. The van der Waals surface area contributed by atoms with Crippen LogP contribution in [0.4, 0.5) is 4.39 Å². The first-order valence-electron chi connectivity index (χ1n) is 6.10. The molecule has 0 radical (unpaired) electrons. The summed E-state index contributed by atoms with van der Waals surface area (Å²) < 4.78 is 41.2. The van der Waals surface area contributed by atoms with Gasteiger partial charge in [0, 0.05) is 0 Å². The van der Waals surface area contributed by atoms with Crippen LogP contribution in [0.15, 0.2) is 22.7 Å². The van der Waals surface area contributed by atoms with Gasteiger partial charge in [0.05, 0.1) is 15.3 Å². The van der Waals surface area contributed by atoms with Gasteiger partial charge in [-0.1, -0.05) is 16.8 Å². The van der Waals surface area contributed by atoms with Crippen LogP contribution in [0.25, 0.3) is 11.5 Å². The van der Waals surface area contributed by atoms with Gasteiger partial charge in [-0.05, 0) is 39.0 Å². The maximum absolute atomic E-state index is 13.0. The zero-order chi connectivity index (χ0) is 15.8. The Morgan fingerprint density at radius 3 is 2.57 bits per heavy atom. The van der Waals surface area contributed by atoms with Crippen LogP contribution < -0.4 is 0 Å². The number of hydrogen-bond donors (Lipinski definition) is 0. The van der Waals surface area contributed by atoms with Gasteiger partial charge in [-0.15, -0.1) is 0 Å². The third kappa shape index (κ3) is 3.41. The first kappa shape index (κ1) is 15.9. The highest BCUT2D eigenvalue weighted by atomic mass is 35.5. The van der Waals surface area contributed by atoms with E-state index >= 15 is 0 Å². The molecular formula is C13H14ClFN2O3S. The lowest BCUT2D eigenvalue weighted by atomic mass is 10.2. The van der Waals surface area contributed by atoms with E-state index in [1.165, 1.54) is 12.1 Å². The topological polar surface area (TPSA) is 73.1 Å². The Morgan fingerprint density at radius 2 is 2.00 bits per heavy atom. The van der Waals surface area contributed by atoms with Crippen molar-refractivity contribution in [3.05, 3.63) is 34.9 Å². The van der Waals surface area contributed by atoms with E-state index in [-0.39, 0.29) is 22.5 Å². The first-order valence-corrected chi connectivity index (χ1v) is 8.13. The average molecular weight is 333 g/mol. The van der Waals surface area contributed by atoms with Crippen LogP contribution in [-0.2, 0) is 15.6 Å². The summed E-state index contributed by atoms with van der Waals surface area (Å²) in [6.07, 6.45) is 0. The number of sulfone groups is 1. The normalized spacial score (nSPS) is 12.6. The highest BCUT2D eigenvalue weighted by molar-refractivity contribution is 7.91. The van der Waals surface area contributed by atoms with Gasteiger partial charge in [0.2, 0.25) is 0 Å². The maximum Gasteiger partial charge on any atom is 0.259 e. The minimum absolute atomic E-state index is 0.0420. The predicted molar refractivity (Wildman–Crippen MR) is 77.1 cm³/mol. The summed E-state index contributed by atoms with van der Waals surface area (Å²) in [5, 5.41) is 3.75. The van der Waals surface area contributed by atoms with Gasteiger partial charge in [-0.25, -0.2) is 12.8 Å². The summed E-state index contributed by atoms with van der Waals surface area (Å²) in [7, 11) is -3.41. The van der Waals surface area contributed by atoms with Crippen molar-refractivity contribution in [3.63, 3.8) is 0 Å². The van der Waals surface area contributed by atoms with Crippen molar-refractivity contribution in [1.29, 1.82) is 0 Å². The first-order chi connectivity index (χ1) is 9.60. The van der Waals surface area contributed by atoms with Crippen LogP contribution in [0.5, 0.6) is 0 Å². The SMILES string of the molecule is CC(C)(C)S(=O)(=O)Cc1noc(-c2ccc(F)cc2Cl)n1. The fourth-order valence-electron chi connectivity index (χ4n) is 1.47. The third-order valence-electron chi connectivity index (χ3n) is 2.88. The van der Waals surface area contributed by atoms with Crippen LogP contribution in [0.1, 0.15) is 26.6 Å². The number of halogens is 2. The number of hydrogen-bond acceptors (Lipinski definition) is 5. The highest BCUT2D eigenvalue weighted by Gasteiger charge is 2.31. The van der Waals surface area contributed by atoms with Crippen molar-refractivity contribution >= 4 is 21.4 Å². The fraction of sp³-hybridized carbons (Fsp3) is 0.385. The molecule has 0 aliphatic rings. The van der Waals surface area contributed by atoms with Crippen LogP contribution in [0.2, 0.25) is 5.02 Å². The van der Waals surface area contributed by atoms with Gasteiger partial charge in [-0.3, -0.25) is 0 Å². The summed E-state index contributed by atoms with van der Waals surface area (Å²) >= 11 is 5.89. The van der Waals surface area contributed by atoms with Gasteiger partial charge in [0.15, 0.2) is 15.7 Å². The molecule has 0 spiro atoms. The Bertz CT molecular complexity index is 766. The molecule has 0 unspecified atom stereocenters. The maximum atomic E-state index is 13.0. The molecule has 0 aliphatic carbocycles. The van der Waals surface area contributed by atoms with Gasteiger partial charge in [-0.2, -0.15) is 4.98 Å². The van der Waals surface area contributed by atoms with Crippen molar-refractivity contribution in [2.45, 2.75) is 31.3 Å². The molecule has 0 aliphatic heterocycles. The molecule has 2 aromatic rings. The second-order valence-electron chi connectivity index (χ2n) is 5.51. The molecule has 0 saturated heterocycles. The summed E-state index contributed by atoms with van der Waals surface area (Å²) in [4.78, 5) is 4.01. The molecule has 0 N–H and O–H groups in total. The smallest absolute Gasteiger partial charge is 0.259 e. The molecule has 0 atom stereocenters. The molecule has 114 valence electrons. The molecule has 0 bridgehead atoms. The van der Waals surface area contributed by atoms with Crippen LogP contribution in [-0.4, -0.2) is 23.3 Å². The molecule has 21 heavy (non-hydrogen) atoms. The second-order valence-corrected chi connectivity index (χ2v) is 8.66. The number of aromatic nitrogens is 2. The quantitative estimate of drug-likeness (QED) is 0.862. The zero-order valence-electron chi connectivity index (χ0n) is 11.7. The van der Waals surface area contributed by atoms with Crippen LogP contribution in [0, 0.1) is 5.82 Å². The third-order valence-corrected chi connectivity index (χ3v) is 5.70. The van der Waals surface area contributed by atoms with E-state index in [2.05, 4.69) is 10.1 Å². The monoisotopic (exact) mass is 332 g/mol. The molecule has 1 aromatic carbocycles. The minimum atomic E-state index is -3.41. The molecule has 0 amide bonds. The van der Waals surface area contributed by atoms with E-state index in [9.17, 15) is 12.8 Å². The summed E-state index contributed by atoms with van der Waals surface area (Å²) in [6, 6.07) is 3.72. The average Bonchev–Trinajstić information content (AvgIpc) is 2.74. The Balaban J connectivity index is 2.31. The van der Waals surface area contributed by atoms with Crippen molar-refractivity contribution in [2.24, 2.45) is 0 Å². The van der Waals surface area contributed by atoms with Gasteiger partial charge < -0.3 is 4.52 Å². The van der Waals surface area contributed by atoms with Crippen molar-refractivity contribution in [3.8, 4) is 11.5 Å². The number of nitrogens with zero attached hydrogens (tertiary/aromatic N) is 2. The second kappa shape index (κ2) is 5.38. The number of rotatable bonds is 3. The van der Waals surface area contributed by atoms with Crippen LogP contribution >= 0.6 is 11.6 Å². The largest absolute Gasteiger partial charge is 0.334 e. The lowest BCUT2D eigenvalue weighted by Gasteiger charge is -2.17. The van der Waals surface area contributed by atoms with Crippen molar-refractivity contribution < 1.29 is 17.3 Å². The van der Waals surface area contributed by atoms with Crippen LogP contribution in [0.3, 0.4) is 0 Å². The standard InChI is InChI=1S/C13H14ClFN2O3S/c1-13(2,3)21(18,19)7-11-16-12(20-17-11)9-5-4-8(15)6-10(9)14/h4-6H,7H2,1-3H3. The van der Waals surface area contributed by atoms with Gasteiger partial charge in [0.1, 0.15) is 11.6 Å². The Labute approximate surface area is 127 Å². The van der Waals surface area contributed by atoms with Gasteiger partial charge in [0.25, 0.3) is 5.89 Å². The molecule has 2 rings (SSSR count). The van der Waals surface area contributed by atoms with E-state index in [1.807, 2.05) is 0 Å². The zero-order valence-corrected chi connectivity index (χ0v) is 13.3. The lowest BCUT2D eigenvalue weighted by Crippen LogP contribution is -2.29. The molecule has 0 saturated carbocycles. The molecule has 8 heteroatoms. The van der Waals surface area contributed by atoms with E-state index in [0.29, 0.717) is 5.56 Å². The molecule has 5 nitrogen and oxygen atoms in total. The van der Waals surface area contributed by atoms with E-state index in [1.54, 1.807) is 20.8 Å². The van der Waals surface area contributed by atoms with E-state index in [4.69, 9.17) is 16.1 Å². The lowest BCUT2D eigenvalue weighted by molar-refractivity contribution is 0.424. The number of benzene rings is 1. The molecule has 0 fully saturated rings. The van der Waals surface area contributed by atoms with E-state index in [0.717, 1.165) is 6.07 Å². The van der Waals surface area contributed by atoms with Gasteiger partial charge >= 0.3 is 0 Å². The summed E-state index contributed by atoms with van der Waals surface area (Å²) in [5.41, 5.74) is 0.352. The molecule has 1 aromatic heterocycles. The predicted octanol–water partition coefficient (Wildman–Crippen LogP) is 3.24. The summed E-state index contributed by atoms with van der Waals surface area (Å²) in [6.45, 7) is 4.79. The molecular weight excluding hydrogens is 319 g/mol. The van der Waals surface area contributed by atoms with Crippen molar-refractivity contribution in [1.82, 2.24) is 10.1 Å². The Kier molecular flexibility index (Phi) is 4.08. The fourth-order valence-corrected chi connectivity index (χ4v) is 2.61. The molecule has 1 heterocycles. The van der Waals surface area contributed by atoms with Crippen molar-refractivity contribution in [2.75, 3.05) is 0 Å². The Morgan fingerprint density at radius 1 is 1.33 bits per heavy atom. The van der Waals surface area contributed by atoms with E-state index < -0.39 is 20.4 Å². The minimum Gasteiger partial charge on any atom is -0.334 e. The Hall–Kier alpha value is -1.47. The summed E-state index contributed by atoms with van der Waals surface area (Å²) in [5.74, 6) is -0.725.